The molecular weight excluding hydrogens is 234 g/mol. The molecule has 1 heterocycles. The molecule has 1 aromatic rings. The number of amides is 1. The maximum absolute atomic E-state index is 11.9. The zero-order valence-electron chi connectivity index (χ0n) is 9.83. The predicted molar refractivity (Wildman–Crippen MR) is 72.1 cm³/mol. The van der Waals surface area contributed by atoms with E-state index in [4.69, 9.17) is 18.0 Å². The lowest BCUT2D eigenvalue weighted by Crippen LogP contribution is -2.49. The molecule has 1 aliphatic heterocycles. The van der Waals surface area contributed by atoms with Gasteiger partial charge < -0.3 is 16.4 Å². The van der Waals surface area contributed by atoms with E-state index in [0.29, 0.717) is 0 Å². The fourth-order valence-corrected chi connectivity index (χ4v) is 2.19. The molecule has 0 saturated heterocycles. The van der Waals surface area contributed by atoms with Crippen molar-refractivity contribution < 1.29 is 4.79 Å². The Morgan fingerprint density at radius 1 is 1.53 bits per heavy atom. The van der Waals surface area contributed by atoms with Crippen LogP contribution in [0.2, 0.25) is 0 Å². The van der Waals surface area contributed by atoms with Crippen LogP contribution in [-0.2, 0) is 6.42 Å². The van der Waals surface area contributed by atoms with E-state index in [9.17, 15) is 4.79 Å². The quantitative estimate of drug-likeness (QED) is 0.658. The summed E-state index contributed by atoms with van der Waals surface area (Å²) in [6.07, 6.45) is 0.793. The second kappa shape index (κ2) is 4.00. The van der Waals surface area contributed by atoms with Crippen LogP contribution in [0.5, 0.6) is 0 Å². The van der Waals surface area contributed by atoms with Crippen molar-refractivity contribution in [3.8, 4) is 0 Å². The summed E-state index contributed by atoms with van der Waals surface area (Å²) in [5.74, 6) is -0.0295. The van der Waals surface area contributed by atoms with Crippen molar-refractivity contribution >= 4 is 28.9 Å². The number of carbonyl (C=O) groups excluding carboxylic acids is 1. The average molecular weight is 249 g/mol. The number of thiocarbonyl (C=S) groups is 1. The maximum Gasteiger partial charge on any atom is 0.251 e. The first-order valence-corrected chi connectivity index (χ1v) is 5.80. The topological polar surface area (TPSA) is 67.1 Å². The van der Waals surface area contributed by atoms with Crippen LogP contribution < -0.4 is 16.4 Å². The Morgan fingerprint density at radius 2 is 2.24 bits per heavy atom. The van der Waals surface area contributed by atoms with E-state index in [-0.39, 0.29) is 16.6 Å². The molecule has 4 N–H and O–H groups in total. The summed E-state index contributed by atoms with van der Waals surface area (Å²) in [4.78, 5) is 11.9. The number of nitrogens with two attached hydrogens (primary N) is 1. The van der Waals surface area contributed by atoms with Gasteiger partial charge in [0, 0.05) is 16.8 Å². The van der Waals surface area contributed by atoms with Crippen LogP contribution in [0.4, 0.5) is 5.69 Å². The van der Waals surface area contributed by atoms with Gasteiger partial charge in [0.1, 0.15) is 0 Å². The van der Waals surface area contributed by atoms with Crippen LogP contribution in [0.1, 0.15) is 29.8 Å². The highest BCUT2D eigenvalue weighted by Crippen LogP contribution is 2.25. The number of rotatable bonds is 1. The first-order chi connectivity index (χ1) is 7.87. The van der Waals surface area contributed by atoms with Crippen molar-refractivity contribution in [3.05, 3.63) is 29.3 Å². The van der Waals surface area contributed by atoms with Gasteiger partial charge in [0.05, 0.1) is 0 Å². The van der Waals surface area contributed by atoms with Gasteiger partial charge in [-0.25, -0.2) is 0 Å². The molecule has 1 aromatic carbocycles. The number of anilines is 1. The first-order valence-electron chi connectivity index (χ1n) is 5.39. The number of carbonyl (C=O) groups is 1. The van der Waals surface area contributed by atoms with Crippen molar-refractivity contribution in [3.63, 3.8) is 0 Å². The summed E-state index contributed by atoms with van der Waals surface area (Å²) >= 11 is 4.79. The molecule has 0 fully saturated rings. The van der Waals surface area contributed by atoms with Crippen molar-refractivity contribution in [2.24, 2.45) is 5.73 Å². The molecule has 90 valence electrons. The minimum Gasteiger partial charge on any atom is -0.376 e. The summed E-state index contributed by atoms with van der Waals surface area (Å²) in [6.45, 7) is 4.00. The van der Waals surface area contributed by atoms with Gasteiger partial charge in [-0.3, -0.25) is 4.79 Å². The third-order valence-electron chi connectivity index (χ3n) is 2.70. The number of fused-ring (bicyclic) bond motifs is 1. The van der Waals surface area contributed by atoms with Gasteiger partial charge in [-0.05, 0) is 56.2 Å². The Labute approximate surface area is 106 Å². The van der Waals surface area contributed by atoms with Gasteiger partial charge >= 0.3 is 0 Å². The Morgan fingerprint density at radius 3 is 2.88 bits per heavy atom. The number of benzene rings is 1. The van der Waals surface area contributed by atoms with Crippen LogP contribution in [0.25, 0.3) is 0 Å². The highest BCUT2D eigenvalue weighted by molar-refractivity contribution is 7.80. The zero-order valence-corrected chi connectivity index (χ0v) is 10.6. The lowest BCUT2D eigenvalue weighted by molar-refractivity contribution is 0.0897. The fraction of sp³-hybridized carbons (Fsp3) is 0.333. The Kier molecular flexibility index (Phi) is 2.79. The SMILES string of the molecule is CC1(C)Cc2cc(NC(N)=S)ccc2C(=O)N1. The molecule has 4 nitrogen and oxygen atoms in total. The number of hydrogen-bond acceptors (Lipinski definition) is 2. The second-order valence-corrected chi connectivity index (χ2v) is 5.32. The summed E-state index contributed by atoms with van der Waals surface area (Å²) in [5.41, 5.74) is 7.76. The van der Waals surface area contributed by atoms with Gasteiger partial charge in [0.15, 0.2) is 5.11 Å². The van der Waals surface area contributed by atoms with E-state index in [1.54, 1.807) is 12.1 Å². The van der Waals surface area contributed by atoms with Crippen LogP contribution in [0.15, 0.2) is 18.2 Å². The standard InChI is InChI=1S/C12H15N3OS/c1-12(2)6-7-5-8(14-11(13)17)3-4-9(7)10(16)15-12/h3-5H,6H2,1-2H3,(H,15,16)(H3,13,14,17). The Hall–Kier alpha value is -1.62. The molecule has 0 radical (unpaired) electrons. The van der Waals surface area contributed by atoms with E-state index < -0.39 is 0 Å². The zero-order chi connectivity index (χ0) is 12.6. The van der Waals surface area contributed by atoms with Crippen LogP contribution >= 0.6 is 12.2 Å². The molecule has 17 heavy (non-hydrogen) atoms. The van der Waals surface area contributed by atoms with Crippen molar-refractivity contribution in [1.82, 2.24) is 5.32 Å². The van der Waals surface area contributed by atoms with E-state index in [1.807, 2.05) is 19.9 Å². The van der Waals surface area contributed by atoms with Crippen LogP contribution in [-0.4, -0.2) is 16.6 Å². The molecule has 0 saturated carbocycles. The summed E-state index contributed by atoms with van der Waals surface area (Å²) < 4.78 is 0. The van der Waals surface area contributed by atoms with E-state index in [1.165, 1.54) is 0 Å². The lowest BCUT2D eigenvalue weighted by Gasteiger charge is -2.32. The van der Waals surface area contributed by atoms with Crippen molar-refractivity contribution in [2.75, 3.05) is 5.32 Å². The van der Waals surface area contributed by atoms with E-state index in [0.717, 1.165) is 23.2 Å². The number of hydrogen-bond donors (Lipinski definition) is 3. The van der Waals surface area contributed by atoms with Gasteiger partial charge in [-0.15, -0.1) is 0 Å². The smallest absolute Gasteiger partial charge is 0.251 e. The fourth-order valence-electron chi connectivity index (χ4n) is 2.08. The van der Waals surface area contributed by atoms with Gasteiger partial charge in [-0.1, -0.05) is 0 Å². The first kappa shape index (κ1) is 11.9. The van der Waals surface area contributed by atoms with Crippen LogP contribution in [0, 0.1) is 0 Å². The molecule has 0 bridgehead atoms. The summed E-state index contributed by atoms with van der Waals surface area (Å²) in [7, 11) is 0. The Bertz CT molecular complexity index is 497. The third-order valence-corrected chi connectivity index (χ3v) is 2.80. The molecular formula is C12H15N3OS. The second-order valence-electron chi connectivity index (χ2n) is 4.88. The predicted octanol–water partition coefficient (Wildman–Crippen LogP) is 1.41. The average Bonchev–Trinajstić information content (AvgIpc) is 2.13. The molecule has 0 atom stereocenters. The lowest BCUT2D eigenvalue weighted by atomic mass is 9.87. The summed E-state index contributed by atoms with van der Waals surface area (Å²) in [6, 6.07) is 5.52. The molecule has 0 aliphatic carbocycles. The monoisotopic (exact) mass is 249 g/mol. The number of nitrogens with one attached hydrogen (secondary N) is 2. The highest BCUT2D eigenvalue weighted by Gasteiger charge is 2.29. The largest absolute Gasteiger partial charge is 0.376 e. The van der Waals surface area contributed by atoms with Crippen molar-refractivity contribution in [2.45, 2.75) is 25.8 Å². The van der Waals surface area contributed by atoms with Gasteiger partial charge in [0.25, 0.3) is 5.91 Å². The molecule has 0 unspecified atom stereocenters. The molecule has 1 amide bonds. The van der Waals surface area contributed by atoms with Crippen molar-refractivity contribution in [1.29, 1.82) is 0 Å². The molecule has 1 aliphatic rings. The minimum absolute atomic E-state index is 0.0295. The maximum atomic E-state index is 11.9. The van der Waals surface area contributed by atoms with Gasteiger partial charge in [0.2, 0.25) is 0 Å². The highest BCUT2D eigenvalue weighted by atomic mass is 32.1. The Balaban J connectivity index is 2.38. The molecule has 2 rings (SSSR count). The molecule has 0 aromatic heterocycles. The van der Waals surface area contributed by atoms with Crippen LogP contribution in [0.3, 0.4) is 0 Å². The minimum atomic E-state index is -0.216. The van der Waals surface area contributed by atoms with E-state index >= 15 is 0 Å². The molecule has 0 spiro atoms. The molecule has 5 heteroatoms. The van der Waals surface area contributed by atoms with Gasteiger partial charge in [-0.2, -0.15) is 0 Å². The summed E-state index contributed by atoms with van der Waals surface area (Å²) in [5, 5.41) is 6.06. The van der Waals surface area contributed by atoms with E-state index in [2.05, 4.69) is 10.6 Å². The third kappa shape index (κ3) is 2.55. The normalized spacial score (nSPS) is 16.9.